The lowest BCUT2D eigenvalue weighted by molar-refractivity contribution is 0.0928. The number of H-pyrrole nitrogens is 1. The normalized spacial score (nSPS) is 12.1. The van der Waals surface area contributed by atoms with Crippen molar-refractivity contribution in [3.05, 3.63) is 34.9 Å². The number of aromatic nitrogens is 5. The first kappa shape index (κ1) is 12.4. The first-order valence-corrected chi connectivity index (χ1v) is 5.74. The van der Waals surface area contributed by atoms with Crippen molar-refractivity contribution < 1.29 is 4.79 Å². The first-order valence-electron chi connectivity index (χ1n) is 5.36. The van der Waals surface area contributed by atoms with Crippen molar-refractivity contribution in [1.82, 2.24) is 30.9 Å². The van der Waals surface area contributed by atoms with E-state index in [4.69, 9.17) is 11.6 Å². The number of amides is 1. The fourth-order valence-electron chi connectivity index (χ4n) is 1.41. The van der Waals surface area contributed by atoms with Gasteiger partial charge in [-0.05, 0) is 18.6 Å². The van der Waals surface area contributed by atoms with Gasteiger partial charge in [0.25, 0.3) is 5.91 Å². The smallest absolute Gasteiger partial charge is 0.270 e. The molecule has 2 heterocycles. The minimum Gasteiger partial charge on any atom is -0.341 e. The summed E-state index contributed by atoms with van der Waals surface area (Å²) in [5.74, 6) is 0.142. The number of nitrogens with one attached hydrogen (secondary N) is 2. The molecule has 2 rings (SSSR count). The zero-order valence-corrected chi connectivity index (χ0v) is 10.3. The highest BCUT2D eigenvalue weighted by atomic mass is 35.5. The number of hydrogen-bond donors (Lipinski definition) is 2. The molecule has 0 saturated carbocycles. The van der Waals surface area contributed by atoms with Gasteiger partial charge in [-0.2, -0.15) is 5.21 Å². The molecule has 2 aromatic rings. The van der Waals surface area contributed by atoms with Crippen molar-refractivity contribution in [2.75, 3.05) is 0 Å². The van der Waals surface area contributed by atoms with Gasteiger partial charge in [0.05, 0.1) is 11.1 Å². The average Bonchev–Trinajstić information content (AvgIpc) is 2.90. The van der Waals surface area contributed by atoms with E-state index in [9.17, 15) is 4.79 Å². The second-order valence-electron chi connectivity index (χ2n) is 3.57. The Bertz CT molecular complexity index is 512. The van der Waals surface area contributed by atoms with Crippen LogP contribution >= 0.6 is 11.6 Å². The maximum atomic E-state index is 11.9. The fourth-order valence-corrected chi connectivity index (χ4v) is 1.52. The number of aromatic amines is 1. The second kappa shape index (κ2) is 5.54. The van der Waals surface area contributed by atoms with Crippen LogP contribution in [0.2, 0.25) is 5.02 Å². The molecular weight excluding hydrogens is 256 g/mol. The molecule has 2 aromatic heterocycles. The molecule has 0 unspecified atom stereocenters. The largest absolute Gasteiger partial charge is 0.341 e. The van der Waals surface area contributed by atoms with E-state index in [2.05, 4.69) is 30.9 Å². The van der Waals surface area contributed by atoms with Gasteiger partial charge in [0, 0.05) is 6.20 Å². The van der Waals surface area contributed by atoms with E-state index >= 15 is 0 Å². The van der Waals surface area contributed by atoms with Crippen molar-refractivity contribution in [3.8, 4) is 0 Å². The highest BCUT2D eigenvalue weighted by molar-refractivity contribution is 6.30. The third-order valence-electron chi connectivity index (χ3n) is 2.35. The van der Waals surface area contributed by atoms with Crippen molar-refractivity contribution in [3.63, 3.8) is 0 Å². The highest BCUT2D eigenvalue weighted by Crippen LogP contribution is 2.12. The van der Waals surface area contributed by atoms with Gasteiger partial charge in [0.15, 0.2) is 5.82 Å². The second-order valence-corrected chi connectivity index (χ2v) is 4.00. The molecular formula is C10H11ClN6O. The van der Waals surface area contributed by atoms with E-state index in [1.165, 1.54) is 6.20 Å². The highest BCUT2D eigenvalue weighted by Gasteiger charge is 2.18. The number of pyridine rings is 1. The van der Waals surface area contributed by atoms with Crippen LogP contribution in [0.3, 0.4) is 0 Å². The summed E-state index contributed by atoms with van der Waals surface area (Å²) in [4.78, 5) is 15.9. The van der Waals surface area contributed by atoms with E-state index in [0.717, 1.165) is 0 Å². The number of carbonyl (C=O) groups excluding carboxylic acids is 1. The third kappa shape index (κ3) is 2.80. The van der Waals surface area contributed by atoms with Crippen LogP contribution in [-0.4, -0.2) is 31.5 Å². The van der Waals surface area contributed by atoms with E-state index in [-0.39, 0.29) is 11.9 Å². The summed E-state index contributed by atoms with van der Waals surface area (Å²) in [6, 6.07) is 2.87. The lowest BCUT2D eigenvalue weighted by Gasteiger charge is -2.12. The Morgan fingerprint density at radius 3 is 2.94 bits per heavy atom. The predicted molar refractivity (Wildman–Crippen MR) is 63.9 cm³/mol. The van der Waals surface area contributed by atoms with Crippen LogP contribution in [0.4, 0.5) is 0 Å². The molecule has 0 aromatic carbocycles. The molecule has 0 aliphatic rings. The van der Waals surface area contributed by atoms with Gasteiger partial charge in [-0.1, -0.05) is 23.7 Å². The molecule has 0 saturated heterocycles. The van der Waals surface area contributed by atoms with E-state index in [1.807, 2.05) is 6.92 Å². The number of hydrogen-bond acceptors (Lipinski definition) is 5. The van der Waals surface area contributed by atoms with Gasteiger partial charge in [-0.3, -0.25) is 4.79 Å². The Hall–Kier alpha value is -2.02. The van der Waals surface area contributed by atoms with E-state index in [0.29, 0.717) is 23.0 Å². The molecule has 0 spiro atoms. The van der Waals surface area contributed by atoms with Crippen LogP contribution in [-0.2, 0) is 0 Å². The molecule has 0 aliphatic heterocycles. The topological polar surface area (TPSA) is 96.5 Å². The van der Waals surface area contributed by atoms with Gasteiger partial charge < -0.3 is 5.32 Å². The minimum absolute atomic E-state index is 0.293. The average molecular weight is 267 g/mol. The maximum absolute atomic E-state index is 11.9. The summed E-state index contributed by atoms with van der Waals surface area (Å²) < 4.78 is 0. The van der Waals surface area contributed by atoms with Crippen LogP contribution < -0.4 is 5.32 Å². The molecule has 94 valence electrons. The van der Waals surface area contributed by atoms with E-state index in [1.54, 1.807) is 12.1 Å². The maximum Gasteiger partial charge on any atom is 0.270 e. The van der Waals surface area contributed by atoms with E-state index < -0.39 is 0 Å². The summed E-state index contributed by atoms with van der Waals surface area (Å²) in [6.45, 7) is 1.91. The Kier molecular flexibility index (Phi) is 3.83. The zero-order chi connectivity index (χ0) is 13.0. The van der Waals surface area contributed by atoms with Crippen LogP contribution in [0.5, 0.6) is 0 Å². The fraction of sp³-hybridized carbons (Fsp3) is 0.300. The molecule has 1 amide bonds. The minimum atomic E-state index is -0.302. The van der Waals surface area contributed by atoms with Gasteiger partial charge in [0.2, 0.25) is 0 Å². The quantitative estimate of drug-likeness (QED) is 0.865. The number of nitrogens with zero attached hydrogens (tertiary/aromatic N) is 4. The van der Waals surface area contributed by atoms with Gasteiger partial charge in [-0.15, -0.1) is 10.2 Å². The molecule has 0 aliphatic carbocycles. The number of tetrazole rings is 1. The van der Waals surface area contributed by atoms with Crippen LogP contribution in [0, 0.1) is 0 Å². The number of carbonyl (C=O) groups is 1. The molecule has 8 heteroatoms. The lowest BCUT2D eigenvalue weighted by atomic mass is 10.2. The van der Waals surface area contributed by atoms with Crippen LogP contribution in [0.15, 0.2) is 18.3 Å². The SMILES string of the molecule is CC[C@H](NC(=O)c1ccc(Cl)cn1)c1nn[nH]n1. The lowest BCUT2D eigenvalue weighted by Crippen LogP contribution is -2.29. The molecule has 18 heavy (non-hydrogen) atoms. The predicted octanol–water partition coefficient (Wildman–Crippen LogP) is 1.13. The Balaban J connectivity index is 2.08. The van der Waals surface area contributed by atoms with Crippen molar-refractivity contribution in [2.24, 2.45) is 0 Å². The van der Waals surface area contributed by atoms with Gasteiger partial charge in [0.1, 0.15) is 5.69 Å². The third-order valence-corrected chi connectivity index (χ3v) is 2.57. The van der Waals surface area contributed by atoms with Gasteiger partial charge in [-0.25, -0.2) is 4.98 Å². The summed E-state index contributed by atoms with van der Waals surface area (Å²) in [5, 5.41) is 16.8. The molecule has 0 fully saturated rings. The molecule has 0 bridgehead atoms. The van der Waals surface area contributed by atoms with Crippen molar-refractivity contribution in [2.45, 2.75) is 19.4 Å². The monoisotopic (exact) mass is 266 g/mol. The zero-order valence-electron chi connectivity index (χ0n) is 9.59. The Labute approximate surface area is 108 Å². The number of halogens is 1. The van der Waals surface area contributed by atoms with Crippen molar-refractivity contribution >= 4 is 17.5 Å². The summed E-state index contributed by atoms with van der Waals surface area (Å²) in [6.07, 6.45) is 2.07. The van der Waals surface area contributed by atoms with Crippen molar-refractivity contribution in [1.29, 1.82) is 0 Å². The molecule has 0 radical (unpaired) electrons. The molecule has 2 N–H and O–H groups in total. The van der Waals surface area contributed by atoms with Crippen LogP contribution in [0.25, 0.3) is 0 Å². The summed E-state index contributed by atoms with van der Waals surface area (Å²) in [5.41, 5.74) is 0.293. The number of rotatable bonds is 4. The Morgan fingerprint density at radius 2 is 2.39 bits per heavy atom. The summed E-state index contributed by atoms with van der Waals surface area (Å²) >= 11 is 5.70. The molecule has 7 nitrogen and oxygen atoms in total. The van der Waals surface area contributed by atoms with Crippen LogP contribution in [0.1, 0.15) is 35.7 Å². The first-order chi connectivity index (χ1) is 8.70. The van der Waals surface area contributed by atoms with Gasteiger partial charge >= 0.3 is 0 Å². The molecule has 1 atom stereocenters. The standard InChI is InChI=1S/C10H11ClN6O/c1-2-7(9-14-16-17-15-9)13-10(18)8-4-3-6(11)5-12-8/h3-5,7H,2H2,1H3,(H,13,18)(H,14,15,16,17)/t7-/m0/s1. The Morgan fingerprint density at radius 1 is 1.56 bits per heavy atom. The summed E-state index contributed by atoms with van der Waals surface area (Å²) in [7, 11) is 0.